The van der Waals surface area contributed by atoms with Crippen LogP contribution in [0.4, 0.5) is 4.39 Å². The quantitative estimate of drug-likeness (QED) is 0.810. The highest BCUT2D eigenvalue weighted by Crippen LogP contribution is 2.26. The molecule has 0 spiro atoms. The van der Waals surface area contributed by atoms with Crippen molar-refractivity contribution in [1.82, 2.24) is 10.1 Å². The fourth-order valence-corrected chi connectivity index (χ4v) is 1.75. The largest absolute Gasteiger partial charge is 0.459 e. The van der Waals surface area contributed by atoms with Crippen LogP contribution in [0.25, 0.3) is 11.4 Å². The molecular weight excluding hydrogens is 319 g/mol. The standard InChI is InChI=1S/C12H10BrFN2O3/c1-3-18-12(17)11-15-10(16-19-11)7-4-6(2)8(13)5-9(7)14/h4-5H,3H2,1-2H3. The Labute approximate surface area is 116 Å². The minimum absolute atomic E-state index is 0.0103. The number of ether oxygens (including phenoxy) is 1. The zero-order valence-corrected chi connectivity index (χ0v) is 11.8. The van der Waals surface area contributed by atoms with Crippen LogP contribution >= 0.6 is 15.9 Å². The number of rotatable bonds is 3. The van der Waals surface area contributed by atoms with E-state index in [9.17, 15) is 9.18 Å². The molecule has 5 nitrogen and oxygen atoms in total. The van der Waals surface area contributed by atoms with Gasteiger partial charge in [-0.2, -0.15) is 4.98 Å². The van der Waals surface area contributed by atoms with Gasteiger partial charge >= 0.3 is 11.9 Å². The maximum absolute atomic E-state index is 13.8. The topological polar surface area (TPSA) is 65.2 Å². The first-order valence-electron chi connectivity index (χ1n) is 5.49. The highest BCUT2D eigenvalue weighted by molar-refractivity contribution is 9.10. The highest BCUT2D eigenvalue weighted by atomic mass is 79.9. The lowest BCUT2D eigenvalue weighted by Gasteiger charge is -2.02. The summed E-state index contributed by atoms with van der Waals surface area (Å²) in [5.41, 5.74) is 0.985. The molecule has 0 atom stereocenters. The Morgan fingerprint density at radius 2 is 2.26 bits per heavy atom. The molecule has 0 amide bonds. The van der Waals surface area contributed by atoms with E-state index < -0.39 is 11.8 Å². The van der Waals surface area contributed by atoms with Crippen LogP contribution in [0.1, 0.15) is 23.2 Å². The molecule has 100 valence electrons. The number of aromatic nitrogens is 2. The number of halogens is 2. The van der Waals surface area contributed by atoms with E-state index in [2.05, 4.69) is 26.1 Å². The molecule has 0 aliphatic rings. The van der Waals surface area contributed by atoms with Gasteiger partial charge in [0.25, 0.3) is 0 Å². The van der Waals surface area contributed by atoms with Gasteiger partial charge in [0.15, 0.2) is 0 Å². The van der Waals surface area contributed by atoms with Gasteiger partial charge in [-0.1, -0.05) is 21.1 Å². The van der Waals surface area contributed by atoms with E-state index in [0.717, 1.165) is 5.56 Å². The second kappa shape index (κ2) is 5.48. The fraction of sp³-hybridized carbons (Fsp3) is 0.250. The number of carbonyl (C=O) groups excluding carboxylic acids is 1. The van der Waals surface area contributed by atoms with Gasteiger partial charge in [-0.15, -0.1) is 0 Å². The monoisotopic (exact) mass is 328 g/mol. The molecule has 1 aromatic heterocycles. The molecule has 19 heavy (non-hydrogen) atoms. The van der Waals surface area contributed by atoms with Gasteiger partial charge in [-0.25, -0.2) is 9.18 Å². The van der Waals surface area contributed by atoms with Crippen LogP contribution in [0.3, 0.4) is 0 Å². The summed E-state index contributed by atoms with van der Waals surface area (Å²) < 4.78 is 23.9. The molecule has 0 bridgehead atoms. The molecule has 0 fully saturated rings. The number of carbonyl (C=O) groups is 1. The van der Waals surface area contributed by atoms with Crippen LogP contribution in [0, 0.1) is 12.7 Å². The van der Waals surface area contributed by atoms with E-state index in [1.165, 1.54) is 6.07 Å². The number of hydrogen-bond donors (Lipinski definition) is 0. The maximum Gasteiger partial charge on any atom is 0.397 e. The molecule has 2 rings (SSSR count). The van der Waals surface area contributed by atoms with Gasteiger partial charge in [0, 0.05) is 4.47 Å². The average Bonchev–Trinajstić information content (AvgIpc) is 2.83. The van der Waals surface area contributed by atoms with Crippen molar-refractivity contribution < 1.29 is 18.4 Å². The normalized spacial score (nSPS) is 10.5. The third kappa shape index (κ3) is 2.81. The molecular formula is C12H10BrFN2O3. The first-order chi connectivity index (χ1) is 9.02. The lowest BCUT2D eigenvalue weighted by molar-refractivity contribution is 0.0470. The predicted molar refractivity (Wildman–Crippen MR) is 68.1 cm³/mol. The molecule has 0 aliphatic carbocycles. The van der Waals surface area contributed by atoms with Gasteiger partial charge in [0.2, 0.25) is 5.82 Å². The molecule has 0 saturated heterocycles. The van der Waals surface area contributed by atoms with Crippen LogP contribution in [-0.4, -0.2) is 22.7 Å². The van der Waals surface area contributed by atoms with Gasteiger partial charge in [0.05, 0.1) is 12.2 Å². The molecule has 0 N–H and O–H groups in total. The van der Waals surface area contributed by atoms with Crippen molar-refractivity contribution in [3.63, 3.8) is 0 Å². The molecule has 0 unspecified atom stereocenters. The fourth-order valence-electron chi connectivity index (χ4n) is 1.44. The van der Waals surface area contributed by atoms with Crippen LogP contribution in [0.5, 0.6) is 0 Å². The summed E-state index contributed by atoms with van der Waals surface area (Å²) in [4.78, 5) is 15.2. The van der Waals surface area contributed by atoms with E-state index in [0.29, 0.717) is 4.47 Å². The summed E-state index contributed by atoms with van der Waals surface area (Å²) in [5.74, 6) is -1.52. The smallest absolute Gasteiger partial charge is 0.397 e. The summed E-state index contributed by atoms with van der Waals surface area (Å²) in [6.45, 7) is 3.66. The SMILES string of the molecule is CCOC(=O)c1nc(-c2cc(C)c(Br)cc2F)no1. The summed E-state index contributed by atoms with van der Waals surface area (Å²) >= 11 is 3.22. The third-order valence-corrected chi connectivity index (χ3v) is 3.22. The Bertz CT molecular complexity index is 627. The third-order valence-electron chi connectivity index (χ3n) is 2.37. The summed E-state index contributed by atoms with van der Waals surface area (Å²) in [7, 11) is 0. The van der Waals surface area contributed by atoms with E-state index in [1.54, 1.807) is 19.9 Å². The zero-order valence-electron chi connectivity index (χ0n) is 10.2. The van der Waals surface area contributed by atoms with Crippen LogP contribution in [0.15, 0.2) is 21.1 Å². The second-order valence-electron chi connectivity index (χ2n) is 3.72. The average molecular weight is 329 g/mol. The van der Waals surface area contributed by atoms with Crippen LogP contribution in [-0.2, 0) is 4.74 Å². The second-order valence-corrected chi connectivity index (χ2v) is 4.58. The molecule has 1 aromatic carbocycles. The molecule has 2 aromatic rings. The van der Waals surface area contributed by atoms with E-state index >= 15 is 0 Å². The van der Waals surface area contributed by atoms with Gasteiger partial charge in [-0.05, 0) is 31.5 Å². The minimum atomic E-state index is -0.726. The Morgan fingerprint density at radius 3 is 2.95 bits per heavy atom. The highest BCUT2D eigenvalue weighted by Gasteiger charge is 2.19. The first-order valence-corrected chi connectivity index (χ1v) is 6.29. The molecule has 0 saturated carbocycles. The Balaban J connectivity index is 2.38. The molecule has 0 aliphatic heterocycles. The number of aryl methyl sites for hydroxylation is 1. The van der Waals surface area contributed by atoms with Crippen molar-refractivity contribution in [1.29, 1.82) is 0 Å². The van der Waals surface area contributed by atoms with Crippen molar-refractivity contribution >= 4 is 21.9 Å². The van der Waals surface area contributed by atoms with Gasteiger partial charge in [-0.3, -0.25) is 0 Å². The van der Waals surface area contributed by atoms with Crippen molar-refractivity contribution in [3.05, 3.63) is 33.9 Å². The summed E-state index contributed by atoms with van der Waals surface area (Å²) in [6, 6.07) is 2.88. The Kier molecular flexibility index (Phi) is 3.94. The summed E-state index contributed by atoms with van der Waals surface area (Å²) in [5, 5.41) is 3.58. The Morgan fingerprint density at radius 1 is 1.53 bits per heavy atom. The van der Waals surface area contributed by atoms with E-state index in [-0.39, 0.29) is 23.9 Å². The van der Waals surface area contributed by atoms with Gasteiger partial charge in [0.1, 0.15) is 5.82 Å². The van der Waals surface area contributed by atoms with Crippen LogP contribution in [0.2, 0.25) is 0 Å². The molecule has 1 heterocycles. The van der Waals surface area contributed by atoms with E-state index in [4.69, 9.17) is 9.26 Å². The zero-order chi connectivity index (χ0) is 14.0. The first kappa shape index (κ1) is 13.7. The predicted octanol–water partition coefficient (Wildman–Crippen LogP) is 3.12. The van der Waals surface area contributed by atoms with Crippen LogP contribution < -0.4 is 0 Å². The van der Waals surface area contributed by atoms with E-state index in [1.807, 2.05) is 0 Å². The van der Waals surface area contributed by atoms with Gasteiger partial charge < -0.3 is 9.26 Å². The van der Waals surface area contributed by atoms with Crippen molar-refractivity contribution in [2.45, 2.75) is 13.8 Å². The lowest BCUT2D eigenvalue weighted by atomic mass is 10.1. The summed E-state index contributed by atoms with van der Waals surface area (Å²) in [6.07, 6.45) is 0. The number of hydrogen-bond acceptors (Lipinski definition) is 5. The van der Waals surface area contributed by atoms with Crippen molar-refractivity contribution in [2.24, 2.45) is 0 Å². The number of nitrogens with zero attached hydrogens (tertiary/aromatic N) is 2. The van der Waals surface area contributed by atoms with Crippen molar-refractivity contribution in [3.8, 4) is 11.4 Å². The molecule has 0 radical (unpaired) electrons. The molecule has 7 heteroatoms. The number of benzene rings is 1. The van der Waals surface area contributed by atoms with Crippen molar-refractivity contribution in [2.75, 3.05) is 6.61 Å². The number of esters is 1. The lowest BCUT2D eigenvalue weighted by Crippen LogP contribution is -2.04. The minimum Gasteiger partial charge on any atom is -0.459 e. The Hall–Kier alpha value is -1.76. The maximum atomic E-state index is 13.8.